The summed E-state index contributed by atoms with van der Waals surface area (Å²) in [6, 6.07) is 9.55. The van der Waals surface area contributed by atoms with Crippen LogP contribution in [0.2, 0.25) is 0 Å². The van der Waals surface area contributed by atoms with Gasteiger partial charge < -0.3 is 9.29 Å². The van der Waals surface area contributed by atoms with Gasteiger partial charge in [0.25, 0.3) is 0 Å². The predicted octanol–water partition coefficient (Wildman–Crippen LogP) is 3.59. The summed E-state index contributed by atoms with van der Waals surface area (Å²) in [7, 11) is 0. The van der Waals surface area contributed by atoms with E-state index in [9.17, 15) is 22.3 Å². The van der Waals surface area contributed by atoms with Gasteiger partial charge in [-0.2, -0.15) is 0 Å². The topological polar surface area (TPSA) is 66.4 Å². The second-order valence-corrected chi connectivity index (χ2v) is 6.75. The van der Waals surface area contributed by atoms with Crippen molar-refractivity contribution >= 4 is 28.2 Å². The lowest BCUT2D eigenvalue weighted by atomic mass is 9.91. The number of cyclic esters (lactones) is 1. The van der Waals surface area contributed by atoms with Gasteiger partial charge in [-0.05, 0) is 41.3 Å². The average Bonchev–Trinajstić information content (AvgIpc) is 2.93. The summed E-state index contributed by atoms with van der Waals surface area (Å²) < 4.78 is 54.5. The standard InChI is InChI=1S/C19H16F2O4S/c1-2-16-17(12-3-4-13(10-26(23)24)15(21)9-12)18(19(22)25-16)11-5-7-14(20)8-6-11/h3-9,16H,2,10H2,1H3,(H,23,24)/p-1. The van der Waals surface area contributed by atoms with E-state index in [4.69, 9.17) is 4.74 Å². The van der Waals surface area contributed by atoms with E-state index in [0.29, 0.717) is 23.1 Å². The number of benzene rings is 2. The highest BCUT2D eigenvalue weighted by atomic mass is 32.2. The molecule has 0 bridgehead atoms. The quantitative estimate of drug-likeness (QED) is 0.590. The predicted molar refractivity (Wildman–Crippen MR) is 92.4 cm³/mol. The minimum absolute atomic E-state index is 0.0457. The molecule has 0 amide bonds. The molecule has 0 aromatic heterocycles. The number of esters is 1. The normalized spacial score (nSPS) is 18.2. The molecule has 7 heteroatoms. The number of carbonyl (C=O) groups excluding carboxylic acids is 1. The van der Waals surface area contributed by atoms with Crippen LogP contribution in [-0.4, -0.2) is 20.8 Å². The molecule has 1 aliphatic heterocycles. The van der Waals surface area contributed by atoms with Gasteiger partial charge in [0.1, 0.15) is 17.7 Å². The van der Waals surface area contributed by atoms with Gasteiger partial charge >= 0.3 is 5.97 Å². The first kappa shape index (κ1) is 18.4. The van der Waals surface area contributed by atoms with E-state index in [1.807, 2.05) is 6.92 Å². The third-order valence-electron chi connectivity index (χ3n) is 4.19. The Morgan fingerprint density at radius 3 is 2.35 bits per heavy atom. The number of hydrogen-bond donors (Lipinski definition) is 0. The molecule has 2 aromatic rings. The average molecular weight is 377 g/mol. The van der Waals surface area contributed by atoms with E-state index in [1.54, 1.807) is 6.07 Å². The van der Waals surface area contributed by atoms with Gasteiger partial charge in [0.15, 0.2) is 0 Å². The van der Waals surface area contributed by atoms with Crippen LogP contribution in [0.4, 0.5) is 8.78 Å². The maximum atomic E-state index is 14.3. The Bertz CT molecular complexity index is 906. The minimum Gasteiger partial charge on any atom is -0.772 e. The lowest BCUT2D eigenvalue weighted by Crippen LogP contribution is -2.09. The van der Waals surface area contributed by atoms with Crippen molar-refractivity contribution in [3.05, 3.63) is 70.8 Å². The Balaban J connectivity index is 2.13. The van der Waals surface area contributed by atoms with Crippen LogP contribution in [0.25, 0.3) is 11.1 Å². The molecule has 0 radical (unpaired) electrons. The van der Waals surface area contributed by atoms with Crippen LogP contribution in [0.5, 0.6) is 0 Å². The highest BCUT2D eigenvalue weighted by Crippen LogP contribution is 2.39. The second kappa shape index (κ2) is 7.47. The summed E-state index contributed by atoms with van der Waals surface area (Å²) in [6.45, 7) is 1.83. The SMILES string of the molecule is CCC1OC(=O)C(c2ccc(F)cc2)=C1c1ccc(CS(=O)[O-])c(F)c1. The van der Waals surface area contributed by atoms with Crippen LogP contribution in [0, 0.1) is 11.6 Å². The first-order valence-corrected chi connectivity index (χ1v) is 9.20. The molecule has 0 saturated heterocycles. The highest BCUT2D eigenvalue weighted by molar-refractivity contribution is 7.78. The van der Waals surface area contributed by atoms with Crippen LogP contribution in [0.3, 0.4) is 0 Å². The van der Waals surface area contributed by atoms with Crippen LogP contribution < -0.4 is 0 Å². The molecule has 1 heterocycles. The summed E-state index contributed by atoms with van der Waals surface area (Å²) in [5.74, 6) is -2.09. The van der Waals surface area contributed by atoms with Gasteiger partial charge in [-0.1, -0.05) is 42.3 Å². The molecule has 1 aliphatic rings. The van der Waals surface area contributed by atoms with Crippen molar-refractivity contribution in [1.29, 1.82) is 0 Å². The van der Waals surface area contributed by atoms with Gasteiger partial charge in [-0.3, -0.25) is 4.21 Å². The van der Waals surface area contributed by atoms with Crippen molar-refractivity contribution in [2.24, 2.45) is 0 Å². The molecule has 0 N–H and O–H groups in total. The minimum atomic E-state index is -2.40. The summed E-state index contributed by atoms with van der Waals surface area (Å²) in [4.78, 5) is 12.4. The number of halogens is 2. The molecule has 4 nitrogen and oxygen atoms in total. The maximum absolute atomic E-state index is 14.3. The largest absolute Gasteiger partial charge is 0.772 e. The Labute approximate surface area is 151 Å². The molecule has 0 spiro atoms. The van der Waals surface area contributed by atoms with E-state index in [1.165, 1.54) is 36.4 Å². The molecule has 0 fully saturated rings. The molecule has 2 unspecified atom stereocenters. The molecule has 2 aromatic carbocycles. The third kappa shape index (κ3) is 3.59. The van der Waals surface area contributed by atoms with Gasteiger partial charge in [-0.15, -0.1) is 0 Å². The fourth-order valence-corrected chi connectivity index (χ4v) is 3.47. The zero-order chi connectivity index (χ0) is 18.8. The lowest BCUT2D eigenvalue weighted by molar-refractivity contribution is -0.137. The van der Waals surface area contributed by atoms with Crippen molar-refractivity contribution in [2.45, 2.75) is 25.2 Å². The van der Waals surface area contributed by atoms with Crippen molar-refractivity contribution in [3.63, 3.8) is 0 Å². The fourth-order valence-electron chi connectivity index (χ4n) is 2.98. The van der Waals surface area contributed by atoms with Gasteiger partial charge in [-0.25, -0.2) is 13.6 Å². The molecule has 3 rings (SSSR count). The maximum Gasteiger partial charge on any atom is 0.339 e. The number of ether oxygens (including phenoxy) is 1. The van der Waals surface area contributed by atoms with E-state index >= 15 is 0 Å². The van der Waals surface area contributed by atoms with Crippen LogP contribution in [0.15, 0.2) is 42.5 Å². The zero-order valence-electron chi connectivity index (χ0n) is 13.8. The lowest BCUT2D eigenvalue weighted by Gasteiger charge is -2.14. The van der Waals surface area contributed by atoms with Crippen LogP contribution in [0.1, 0.15) is 30.0 Å². The monoisotopic (exact) mass is 377 g/mol. The Morgan fingerprint density at radius 1 is 1.12 bits per heavy atom. The second-order valence-electron chi connectivity index (χ2n) is 5.85. The first-order chi connectivity index (χ1) is 12.4. The van der Waals surface area contributed by atoms with E-state index in [0.717, 1.165) is 0 Å². The smallest absolute Gasteiger partial charge is 0.339 e. The molecular weight excluding hydrogens is 362 g/mol. The Hall–Kier alpha value is -2.38. The van der Waals surface area contributed by atoms with E-state index in [2.05, 4.69) is 0 Å². The third-order valence-corrected chi connectivity index (χ3v) is 4.73. The van der Waals surface area contributed by atoms with Crippen LogP contribution >= 0.6 is 0 Å². The number of rotatable bonds is 5. The zero-order valence-corrected chi connectivity index (χ0v) is 14.6. The van der Waals surface area contributed by atoms with Gasteiger partial charge in [0, 0.05) is 11.3 Å². The van der Waals surface area contributed by atoms with Crippen LogP contribution in [-0.2, 0) is 26.4 Å². The Morgan fingerprint density at radius 2 is 1.77 bits per heavy atom. The van der Waals surface area contributed by atoms with Crippen molar-refractivity contribution in [2.75, 3.05) is 0 Å². The van der Waals surface area contributed by atoms with Gasteiger partial charge in [0.05, 0.1) is 5.57 Å². The molecule has 0 saturated carbocycles. The molecule has 0 aliphatic carbocycles. The summed E-state index contributed by atoms with van der Waals surface area (Å²) in [5.41, 5.74) is 1.73. The summed E-state index contributed by atoms with van der Waals surface area (Å²) in [6.07, 6.45) is -0.0684. The highest BCUT2D eigenvalue weighted by Gasteiger charge is 2.34. The number of carbonyl (C=O) groups is 1. The summed E-state index contributed by atoms with van der Waals surface area (Å²) in [5, 5.41) is 0. The number of hydrogen-bond acceptors (Lipinski definition) is 4. The van der Waals surface area contributed by atoms with Crippen molar-refractivity contribution in [3.8, 4) is 0 Å². The molecule has 136 valence electrons. The summed E-state index contributed by atoms with van der Waals surface area (Å²) >= 11 is -2.40. The van der Waals surface area contributed by atoms with E-state index < -0.39 is 40.5 Å². The first-order valence-electron chi connectivity index (χ1n) is 7.96. The Kier molecular flexibility index (Phi) is 5.29. The molecular formula is C19H15F2O4S-. The van der Waals surface area contributed by atoms with Crippen molar-refractivity contribution < 1.29 is 27.1 Å². The molecule has 26 heavy (non-hydrogen) atoms. The van der Waals surface area contributed by atoms with Gasteiger partial charge in [0.2, 0.25) is 0 Å². The molecule has 2 atom stereocenters. The van der Waals surface area contributed by atoms with Crippen molar-refractivity contribution in [1.82, 2.24) is 0 Å². The van der Waals surface area contributed by atoms with E-state index in [-0.39, 0.29) is 11.1 Å². The fraction of sp³-hybridized carbons (Fsp3) is 0.211.